The molecule has 17 heavy (non-hydrogen) atoms. The van der Waals surface area contributed by atoms with Crippen molar-refractivity contribution < 1.29 is 4.79 Å². The fourth-order valence-corrected chi connectivity index (χ4v) is 1.60. The molecule has 8 nitrogen and oxygen atoms in total. The first kappa shape index (κ1) is 11.3. The van der Waals surface area contributed by atoms with Gasteiger partial charge in [0.2, 0.25) is 0 Å². The molecule has 2 rings (SSSR count). The van der Waals surface area contributed by atoms with E-state index in [1.165, 1.54) is 11.8 Å². The van der Waals surface area contributed by atoms with E-state index in [9.17, 15) is 4.79 Å². The van der Waals surface area contributed by atoms with E-state index >= 15 is 0 Å². The molecular formula is C8H9N7OS. The van der Waals surface area contributed by atoms with Crippen LogP contribution in [0.15, 0.2) is 5.16 Å². The number of nitrogens with zero attached hydrogens (tertiary/aromatic N) is 4. The number of primary amides is 1. The Morgan fingerprint density at radius 1 is 1.12 bits per heavy atom. The van der Waals surface area contributed by atoms with Crippen molar-refractivity contribution in [1.82, 2.24) is 19.9 Å². The second-order valence-electron chi connectivity index (χ2n) is 3.09. The molecule has 2 heterocycles. The molecule has 88 valence electrons. The van der Waals surface area contributed by atoms with Crippen LogP contribution in [-0.4, -0.2) is 32.1 Å². The molecule has 0 fully saturated rings. The van der Waals surface area contributed by atoms with Gasteiger partial charge in [-0.15, -0.1) is 0 Å². The molecule has 0 aliphatic carbocycles. The third-order valence-corrected chi connectivity index (χ3v) is 2.53. The number of nitrogen functional groups attached to an aromatic ring is 2. The van der Waals surface area contributed by atoms with Crippen LogP contribution < -0.4 is 17.2 Å². The lowest BCUT2D eigenvalue weighted by Gasteiger charge is -2.05. The Morgan fingerprint density at radius 3 is 2.41 bits per heavy atom. The van der Waals surface area contributed by atoms with Gasteiger partial charge in [0.05, 0.1) is 0 Å². The Balaban J connectivity index is 2.78. The summed E-state index contributed by atoms with van der Waals surface area (Å²) in [6, 6.07) is 0. The lowest BCUT2D eigenvalue weighted by molar-refractivity contribution is 0.0996. The Kier molecular flexibility index (Phi) is 2.68. The molecule has 0 spiro atoms. The molecule has 0 aliphatic heterocycles. The molecule has 2 aromatic rings. The molecule has 1 amide bonds. The largest absolute Gasteiger partial charge is 0.382 e. The molecule has 0 saturated carbocycles. The van der Waals surface area contributed by atoms with Gasteiger partial charge in [0, 0.05) is 0 Å². The molecule has 0 aliphatic rings. The number of thioether (sulfide) groups is 1. The highest BCUT2D eigenvalue weighted by Crippen LogP contribution is 2.20. The summed E-state index contributed by atoms with van der Waals surface area (Å²) in [7, 11) is 0. The maximum absolute atomic E-state index is 11.1. The van der Waals surface area contributed by atoms with Crippen molar-refractivity contribution in [2.45, 2.75) is 5.16 Å². The predicted molar refractivity (Wildman–Crippen MR) is 64.3 cm³/mol. The Hall–Kier alpha value is -2.16. The van der Waals surface area contributed by atoms with E-state index in [4.69, 9.17) is 17.2 Å². The number of hydrogen-bond donors (Lipinski definition) is 3. The zero-order valence-electron chi connectivity index (χ0n) is 8.84. The number of amides is 1. The van der Waals surface area contributed by atoms with Gasteiger partial charge >= 0.3 is 0 Å². The van der Waals surface area contributed by atoms with Crippen molar-refractivity contribution in [3.63, 3.8) is 0 Å². The summed E-state index contributed by atoms with van der Waals surface area (Å²) in [5.41, 5.74) is 16.7. The first-order valence-corrected chi connectivity index (χ1v) is 5.70. The van der Waals surface area contributed by atoms with Crippen molar-refractivity contribution in [2.24, 2.45) is 5.73 Å². The number of anilines is 2. The first-order valence-electron chi connectivity index (χ1n) is 4.47. The quantitative estimate of drug-likeness (QED) is 0.473. The first-order chi connectivity index (χ1) is 8.02. The molecule has 0 unspecified atom stereocenters. The van der Waals surface area contributed by atoms with Gasteiger partial charge in [-0.2, -0.15) is 0 Å². The monoisotopic (exact) mass is 251 g/mol. The standard InChI is InChI=1S/C8H9N7OS/c1-17-8-14-5(10)3-7(15-8)13-4(9)2(12-3)6(11)16/h1H3,(H2,11,16)(H4,9,10,13,14,15). The van der Waals surface area contributed by atoms with Gasteiger partial charge < -0.3 is 17.2 Å². The molecule has 0 bridgehead atoms. The van der Waals surface area contributed by atoms with Crippen LogP contribution in [0.25, 0.3) is 11.2 Å². The Bertz CT molecular complexity index is 614. The van der Waals surface area contributed by atoms with Gasteiger partial charge in [-0.25, -0.2) is 19.9 Å². The molecule has 0 atom stereocenters. The number of fused-ring (bicyclic) bond motifs is 1. The number of rotatable bonds is 2. The van der Waals surface area contributed by atoms with Crippen LogP contribution in [0.1, 0.15) is 10.5 Å². The maximum Gasteiger partial charge on any atom is 0.271 e. The number of hydrogen-bond acceptors (Lipinski definition) is 8. The summed E-state index contributed by atoms with van der Waals surface area (Å²) in [6.07, 6.45) is 1.80. The molecule has 0 saturated heterocycles. The normalized spacial score (nSPS) is 10.6. The van der Waals surface area contributed by atoms with E-state index in [1.807, 2.05) is 0 Å². The van der Waals surface area contributed by atoms with Gasteiger partial charge in [-0.1, -0.05) is 11.8 Å². The second-order valence-corrected chi connectivity index (χ2v) is 3.86. The summed E-state index contributed by atoms with van der Waals surface area (Å²) in [5.74, 6) is -0.713. The minimum absolute atomic E-state index is 0.0739. The average molecular weight is 251 g/mol. The number of carbonyl (C=O) groups is 1. The summed E-state index contributed by atoms with van der Waals surface area (Å²) < 4.78 is 0. The van der Waals surface area contributed by atoms with Crippen molar-refractivity contribution in [3.8, 4) is 0 Å². The van der Waals surface area contributed by atoms with Gasteiger partial charge in [-0.05, 0) is 6.26 Å². The molecule has 9 heteroatoms. The third-order valence-electron chi connectivity index (χ3n) is 1.98. The van der Waals surface area contributed by atoms with Crippen LogP contribution in [0, 0.1) is 0 Å². The third kappa shape index (κ3) is 1.91. The summed E-state index contributed by atoms with van der Waals surface area (Å²) in [5, 5.41) is 0.454. The molecule has 0 aromatic carbocycles. The van der Waals surface area contributed by atoms with Crippen molar-refractivity contribution in [1.29, 1.82) is 0 Å². The smallest absolute Gasteiger partial charge is 0.271 e. The number of nitrogens with two attached hydrogens (primary N) is 3. The van der Waals surface area contributed by atoms with Crippen molar-refractivity contribution in [3.05, 3.63) is 5.69 Å². The summed E-state index contributed by atoms with van der Waals surface area (Å²) >= 11 is 1.31. The minimum atomic E-state index is -0.773. The number of aromatic nitrogens is 4. The zero-order chi connectivity index (χ0) is 12.6. The van der Waals surface area contributed by atoms with E-state index in [-0.39, 0.29) is 28.5 Å². The number of carbonyl (C=O) groups excluding carboxylic acids is 1. The second kappa shape index (κ2) is 4.01. The molecule has 6 N–H and O–H groups in total. The molecule has 2 aromatic heterocycles. The van der Waals surface area contributed by atoms with Gasteiger partial charge in [0.15, 0.2) is 33.6 Å². The van der Waals surface area contributed by atoms with E-state index in [0.29, 0.717) is 5.16 Å². The van der Waals surface area contributed by atoms with Crippen molar-refractivity contribution >= 4 is 40.5 Å². The highest BCUT2D eigenvalue weighted by molar-refractivity contribution is 7.98. The summed E-state index contributed by atoms with van der Waals surface area (Å²) in [6.45, 7) is 0. The topological polar surface area (TPSA) is 147 Å². The minimum Gasteiger partial charge on any atom is -0.382 e. The average Bonchev–Trinajstić information content (AvgIpc) is 2.27. The van der Waals surface area contributed by atoms with Crippen LogP contribution in [0.5, 0.6) is 0 Å². The van der Waals surface area contributed by atoms with Gasteiger partial charge in [-0.3, -0.25) is 4.79 Å². The zero-order valence-corrected chi connectivity index (χ0v) is 9.65. The highest BCUT2D eigenvalue weighted by atomic mass is 32.2. The van der Waals surface area contributed by atoms with E-state index < -0.39 is 5.91 Å². The van der Waals surface area contributed by atoms with Crippen LogP contribution in [0.4, 0.5) is 11.6 Å². The lowest BCUT2D eigenvalue weighted by atomic mass is 10.3. The Morgan fingerprint density at radius 2 is 1.82 bits per heavy atom. The molecular weight excluding hydrogens is 242 g/mol. The van der Waals surface area contributed by atoms with Crippen LogP contribution >= 0.6 is 11.8 Å². The fourth-order valence-electron chi connectivity index (χ4n) is 1.23. The highest BCUT2D eigenvalue weighted by Gasteiger charge is 2.15. The van der Waals surface area contributed by atoms with Crippen molar-refractivity contribution in [2.75, 3.05) is 17.7 Å². The van der Waals surface area contributed by atoms with Gasteiger partial charge in [0.1, 0.15) is 0 Å². The van der Waals surface area contributed by atoms with Crippen LogP contribution in [0.2, 0.25) is 0 Å². The maximum atomic E-state index is 11.1. The lowest BCUT2D eigenvalue weighted by Crippen LogP contribution is -2.17. The van der Waals surface area contributed by atoms with E-state index in [1.54, 1.807) is 6.26 Å². The Labute approximate surface area is 100 Å². The van der Waals surface area contributed by atoms with E-state index in [2.05, 4.69) is 19.9 Å². The summed E-state index contributed by atoms with van der Waals surface area (Å²) in [4.78, 5) is 27.0. The van der Waals surface area contributed by atoms with Crippen LogP contribution in [0.3, 0.4) is 0 Å². The van der Waals surface area contributed by atoms with Gasteiger partial charge in [0.25, 0.3) is 5.91 Å². The fraction of sp³-hybridized carbons (Fsp3) is 0.125. The van der Waals surface area contributed by atoms with E-state index in [0.717, 1.165) is 0 Å². The molecule has 0 radical (unpaired) electrons. The SMILES string of the molecule is CSc1nc(N)c2nc(C(N)=O)c(N)nc2n1. The predicted octanol–water partition coefficient (Wildman–Crippen LogP) is -0.595. The van der Waals surface area contributed by atoms with Crippen LogP contribution in [-0.2, 0) is 0 Å².